The third kappa shape index (κ3) is 7.62. The molecule has 0 saturated heterocycles. The lowest BCUT2D eigenvalue weighted by Gasteiger charge is -2.07. The van der Waals surface area contributed by atoms with Crippen LogP contribution in [0.15, 0.2) is 70.3 Å². The zero-order valence-electron chi connectivity index (χ0n) is 20.1. The van der Waals surface area contributed by atoms with E-state index >= 15 is 0 Å². The lowest BCUT2D eigenvalue weighted by atomic mass is 10.1. The van der Waals surface area contributed by atoms with Crippen molar-refractivity contribution in [3.63, 3.8) is 0 Å². The Morgan fingerprint density at radius 1 is 1.00 bits per heavy atom. The van der Waals surface area contributed by atoms with Crippen LogP contribution in [0, 0.1) is 6.92 Å². The highest BCUT2D eigenvalue weighted by Gasteiger charge is 2.09. The average molecular weight is 494 g/mol. The van der Waals surface area contributed by atoms with E-state index < -0.39 is 0 Å². The standard InChI is InChI=1S/C20H26N2O3.C8H6ClN/c1-16-15-19(25-22-16)7-5-3-2-4-6-13-23-18-10-8-17(9-11-18)20-21-12-14-24-20;9-7-2-1-3-8-6(7)4-5-10-8/h8-11,15H,2-7,12-14H2,1H3;1-5,10H. The van der Waals surface area contributed by atoms with E-state index in [4.69, 9.17) is 25.6 Å². The number of H-pyrrole nitrogens is 1. The third-order valence-electron chi connectivity index (χ3n) is 5.74. The number of benzene rings is 2. The van der Waals surface area contributed by atoms with Crippen molar-refractivity contribution in [2.24, 2.45) is 4.99 Å². The number of unbranched alkanes of at least 4 members (excludes halogenated alkanes) is 4. The summed E-state index contributed by atoms with van der Waals surface area (Å²) in [5.74, 6) is 2.65. The van der Waals surface area contributed by atoms with Gasteiger partial charge in [0.2, 0.25) is 5.90 Å². The van der Waals surface area contributed by atoms with Crippen LogP contribution in [0.2, 0.25) is 5.02 Å². The maximum absolute atomic E-state index is 5.88. The van der Waals surface area contributed by atoms with Gasteiger partial charge in [-0.2, -0.15) is 0 Å². The number of nitrogens with zero attached hydrogens (tertiary/aromatic N) is 2. The van der Waals surface area contributed by atoms with Crippen molar-refractivity contribution in [2.45, 2.75) is 45.4 Å². The van der Waals surface area contributed by atoms with E-state index in [0.717, 1.165) is 77.0 Å². The van der Waals surface area contributed by atoms with E-state index in [1.807, 2.05) is 67.7 Å². The predicted octanol–water partition coefficient (Wildman–Crippen LogP) is 7.15. The summed E-state index contributed by atoms with van der Waals surface area (Å²) in [6.45, 7) is 4.16. The van der Waals surface area contributed by atoms with Crippen LogP contribution in [0.5, 0.6) is 5.75 Å². The van der Waals surface area contributed by atoms with E-state index in [2.05, 4.69) is 15.1 Å². The van der Waals surface area contributed by atoms with E-state index in [9.17, 15) is 0 Å². The second-order valence-corrected chi connectivity index (χ2v) is 8.95. The van der Waals surface area contributed by atoms with Crippen molar-refractivity contribution in [3.8, 4) is 5.75 Å². The van der Waals surface area contributed by atoms with Crippen molar-refractivity contribution in [1.29, 1.82) is 0 Å². The monoisotopic (exact) mass is 493 g/mol. The molecule has 0 amide bonds. The van der Waals surface area contributed by atoms with Gasteiger partial charge in [0, 0.05) is 40.2 Å². The van der Waals surface area contributed by atoms with Gasteiger partial charge in [-0.05, 0) is 62.2 Å². The summed E-state index contributed by atoms with van der Waals surface area (Å²) < 4.78 is 16.5. The van der Waals surface area contributed by atoms with Gasteiger partial charge in [-0.3, -0.25) is 0 Å². The van der Waals surface area contributed by atoms with Crippen LogP contribution in [-0.4, -0.2) is 35.8 Å². The highest BCUT2D eigenvalue weighted by Crippen LogP contribution is 2.21. The molecule has 0 spiro atoms. The number of aliphatic imine (C=N–C) groups is 1. The molecular weight excluding hydrogens is 462 g/mol. The number of hydrogen-bond donors (Lipinski definition) is 1. The normalized spacial score (nSPS) is 12.7. The maximum atomic E-state index is 5.88. The van der Waals surface area contributed by atoms with Crippen LogP contribution in [0.4, 0.5) is 0 Å². The van der Waals surface area contributed by atoms with Crippen molar-refractivity contribution in [2.75, 3.05) is 19.8 Å². The largest absolute Gasteiger partial charge is 0.494 e. The van der Waals surface area contributed by atoms with Crippen LogP contribution in [-0.2, 0) is 11.2 Å². The van der Waals surface area contributed by atoms with E-state index in [0.29, 0.717) is 6.61 Å². The van der Waals surface area contributed by atoms with Gasteiger partial charge < -0.3 is 19.0 Å². The minimum atomic E-state index is 0.686. The van der Waals surface area contributed by atoms with E-state index in [-0.39, 0.29) is 0 Å². The Hall–Kier alpha value is -3.25. The number of nitrogens with one attached hydrogen (secondary N) is 1. The van der Waals surface area contributed by atoms with Gasteiger partial charge >= 0.3 is 0 Å². The molecule has 3 heterocycles. The minimum absolute atomic E-state index is 0.686. The van der Waals surface area contributed by atoms with Gasteiger partial charge in [0.1, 0.15) is 18.1 Å². The first-order valence-corrected chi connectivity index (χ1v) is 12.6. The van der Waals surface area contributed by atoms with Gasteiger partial charge in [-0.25, -0.2) is 4.99 Å². The fourth-order valence-electron chi connectivity index (χ4n) is 3.91. The molecule has 1 aliphatic heterocycles. The average Bonchev–Trinajstić information content (AvgIpc) is 3.64. The molecule has 0 aliphatic carbocycles. The Kier molecular flexibility index (Phi) is 9.24. The fraction of sp³-hybridized carbons (Fsp3) is 0.357. The predicted molar refractivity (Wildman–Crippen MR) is 141 cm³/mol. The molecule has 0 unspecified atom stereocenters. The first-order chi connectivity index (χ1) is 17.2. The summed E-state index contributed by atoms with van der Waals surface area (Å²) in [4.78, 5) is 7.39. The van der Waals surface area contributed by atoms with Gasteiger partial charge in [-0.15, -0.1) is 0 Å². The molecule has 35 heavy (non-hydrogen) atoms. The van der Waals surface area contributed by atoms with Crippen LogP contribution in [0.1, 0.15) is 49.1 Å². The summed E-state index contributed by atoms with van der Waals surface area (Å²) in [7, 11) is 0. The Morgan fingerprint density at radius 3 is 2.57 bits per heavy atom. The molecule has 7 heteroatoms. The van der Waals surface area contributed by atoms with Gasteiger partial charge in [-0.1, -0.05) is 42.1 Å². The lowest BCUT2D eigenvalue weighted by molar-refractivity contribution is 0.304. The summed E-state index contributed by atoms with van der Waals surface area (Å²) in [6.07, 6.45) is 8.75. The molecule has 0 radical (unpaired) electrons. The molecule has 6 nitrogen and oxygen atoms in total. The molecule has 0 fully saturated rings. The molecule has 0 saturated carbocycles. The number of aromatic amines is 1. The maximum Gasteiger partial charge on any atom is 0.216 e. The van der Waals surface area contributed by atoms with Crippen molar-refractivity contribution in [3.05, 3.63) is 82.8 Å². The fourth-order valence-corrected chi connectivity index (χ4v) is 4.14. The minimum Gasteiger partial charge on any atom is -0.494 e. The van der Waals surface area contributed by atoms with Crippen LogP contribution in [0.3, 0.4) is 0 Å². The summed E-state index contributed by atoms with van der Waals surface area (Å²) in [5, 5.41) is 5.80. The summed E-state index contributed by atoms with van der Waals surface area (Å²) in [6, 6.07) is 17.8. The quantitative estimate of drug-likeness (QED) is 0.238. The van der Waals surface area contributed by atoms with Crippen molar-refractivity contribution >= 4 is 28.4 Å². The second kappa shape index (κ2) is 13.0. The second-order valence-electron chi connectivity index (χ2n) is 8.54. The summed E-state index contributed by atoms with van der Waals surface area (Å²) in [5.41, 5.74) is 3.07. The molecule has 2 aromatic carbocycles. The molecule has 184 valence electrons. The Bertz CT molecular complexity index is 1210. The number of fused-ring (bicyclic) bond motifs is 1. The van der Waals surface area contributed by atoms with E-state index in [1.165, 1.54) is 19.3 Å². The molecule has 1 aliphatic rings. The molecule has 1 N–H and O–H groups in total. The van der Waals surface area contributed by atoms with Crippen molar-refractivity contribution < 1.29 is 14.0 Å². The lowest BCUT2D eigenvalue weighted by Crippen LogP contribution is -2.01. The van der Waals surface area contributed by atoms with Gasteiger partial charge in [0.05, 0.1) is 18.8 Å². The molecule has 4 aromatic rings. The van der Waals surface area contributed by atoms with Crippen molar-refractivity contribution in [1.82, 2.24) is 10.1 Å². The molecule has 0 atom stereocenters. The number of aromatic nitrogens is 2. The van der Waals surface area contributed by atoms with Gasteiger partial charge in [0.25, 0.3) is 0 Å². The molecular formula is C28H32ClN3O3. The number of halogens is 1. The topological polar surface area (TPSA) is 72.6 Å². The number of hydrogen-bond acceptors (Lipinski definition) is 5. The zero-order valence-corrected chi connectivity index (χ0v) is 20.9. The Balaban J connectivity index is 0.000000239. The molecule has 2 aromatic heterocycles. The highest BCUT2D eigenvalue weighted by molar-refractivity contribution is 6.35. The highest BCUT2D eigenvalue weighted by atomic mass is 35.5. The van der Waals surface area contributed by atoms with Crippen LogP contribution in [0.25, 0.3) is 10.9 Å². The first kappa shape index (κ1) is 24.9. The molecule has 5 rings (SSSR count). The van der Waals surface area contributed by atoms with Crippen LogP contribution < -0.4 is 4.74 Å². The van der Waals surface area contributed by atoms with Gasteiger partial charge in [0.15, 0.2) is 0 Å². The number of rotatable bonds is 10. The Morgan fingerprint density at radius 2 is 1.83 bits per heavy atom. The summed E-state index contributed by atoms with van der Waals surface area (Å²) >= 11 is 5.88. The van der Waals surface area contributed by atoms with E-state index in [1.54, 1.807) is 0 Å². The molecule has 0 bridgehead atoms. The zero-order chi connectivity index (χ0) is 24.3. The third-order valence-corrected chi connectivity index (χ3v) is 6.07. The SMILES string of the molecule is Cc1cc(CCCCCCCOc2ccc(C3=NCCO3)cc2)on1.Clc1cccc2[nH]ccc12. The Labute approximate surface area is 211 Å². The van der Waals surface area contributed by atoms with Crippen LogP contribution >= 0.6 is 11.6 Å². The number of aryl methyl sites for hydroxylation is 2. The first-order valence-electron chi connectivity index (χ1n) is 12.2. The number of ether oxygens (including phenoxy) is 2. The smallest absolute Gasteiger partial charge is 0.216 e.